The van der Waals surface area contributed by atoms with Gasteiger partial charge in [0.2, 0.25) is 5.91 Å². The van der Waals surface area contributed by atoms with Gasteiger partial charge in [-0.25, -0.2) is 4.98 Å². The molecule has 0 fully saturated rings. The molecule has 3 aromatic rings. The lowest BCUT2D eigenvalue weighted by atomic mass is 10.1. The monoisotopic (exact) mass is 341 g/mol. The van der Waals surface area contributed by atoms with Crippen LogP contribution >= 0.6 is 11.3 Å². The lowest BCUT2D eigenvalue weighted by Gasteiger charge is -2.13. The maximum Gasteiger partial charge on any atom is 0.261 e. The van der Waals surface area contributed by atoms with E-state index in [0.717, 1.165) is 16.0 Å². The number of rotatable bonds is 5. The number of aryl methyl sites for hydroxylation is 2. The number of para-hydroxylation sites is 1. The number of nitrogens with zero attached hydrogens (tertiary/aromatic N) is 2. The minimum absolute atomic E-state index is 0.0217. The molecule has 0 saturated heterocycles. The van der Waals surface area contributed by atoms with Gasteiger partial charge in [-0.2, -0.15) is 0 Å². The zero-order chi connectivity index (χ0) is 17.1. The summed E-state index contributed by atoms with van der Waals surface area (Å²) in [6, 6.07) is 9.49. The smallest absolute Gasteiger partial charge is 0.261 e. The Labute approximate surface area is 144 Å². The molecule has 6 heteroatoms. The van der Waals surface area contributed by atoms with Crippen molar-refractivity contribution < 1.29 is 4.79 Å². The third kappa shape index (κ3) is 3.38. The molecule has 2 aromatic heterocycles. The molecule has 0 bridgehead atoms. The molecule has 0 spiro atoms. The van der Waals surface area contributed by atoms with Gasteiger partial charge in [0.25, 0.3) is 5.56 Å². The molecule has 0 saturated carbocycles. The Kier molecular flexibility index (Phi) is 4.76. The summed E-state index contributed by atoms with van der Waals surface area (Å²) in [5, 5.41) is 5.53. The van der Waals surface area contributed by atoms with Crippen molar-refractivity contribution in [1.29, 1.82) is 0 Å². The molecule has 0 aliphatic rings. The third-order valence-electron chi connectivity index (χ3n) is 3.98. The average molecular weight is 341 g/mol. The second kappa shape index (κ2) is 6.97. The largest absolute Gasteiger partial charge is 0.349 e. The Morgan fingerprint density at radius 1 is 1.33 bits per heavy atom. The molecular formula is C18H19N3O2S. The predicted octanol–water partition coefficient (Wildman–Crippen LogP) is 3.03. The Bertz CT molecular complexity index is 916. The third-order valence-corrected chi connectivity index (χ3v) is 5.04. The minimum Gasteiger partial charge on any atom is -0.349 e. The van der Waals surface area contributed by atoms with Crippen molar-refractivity contribution in [3.05, 3.63) is 62.8 Å². The Morgan fingerprint density at radius 3 is 2.92 bits per heavy atom. The summed E-state index contributed by atoms with van der Waals surface area (Å²) in [4.78, 5) is 30.1. The van der Waals surface area contributed by atoms with E-state index in [1.807, 2.05) is 43.5 Å². The normalized spacial score (nSPS) is 12.2. The molecule has 3 rings (SSSR count). The lowest BCUT2D eigenvalue weighted by molar-refractivity contribution is -0.121. The first-order valence-electron chi connectivity index (χ1n) is 7.84. The molecule has 24 heavy (non-hydrogen) atoms. The van der Waals surface area contributed by atoms with E-state index in [0.29, 0.717) is 11.9 Å². The van der Waals surface area contributed by atoms with Gasteiger partial charge in [0.05, 0.1) is 23.3 Å². The van der Waals surface area contributed by atoms with Gasteiger partial charge in [-0.15, -0.1) is 11.3 Å². The second-order valence-corrected chi connectivity index (χ2v) is 6.75. The van der Waals surface area contributed by atoms with Crippen molar-refractivity contribution in [1.82, 2.24) is 14.9 Å². The molecule has 5 nitrogen and oxygen atoms in total. The molecule has 1 amide bonds. The van der Waals surface area contributed by atoms with Crippen molar-refractivity contribution in [2.75, 3.05) is 0 Å². The fourth-order valence-electron chi connectivity index (χ4n) is 2.64. The summed E-state index contributed by atoms with van der Waals surface area (Å²) in [6.45, 7) is 4.20. The van der Waals surface area contributed by atoms with E-state index in [2.05, 4.69) is 10.3 Å². The summed E-state index contributed by atoms with van der Waals surface area (Å²) in [5.41, 5.74) is 1.58. The molecule has 0 aliphatic carbocycles. The zero-order valence-electron chi connectivity index (χ0n) is 13.7. The molecule has 124 valence electrons. The topological polar surface area (TPSA) is 64.0 Å². The van der Waals surface area contributed by atoms with Crippen LogP contribution in [0.15, 0.2) is 46.8 Å². The molecule has 0 aliphatic heterocycles. The van der Waals surface area contributed by atoms with Gasteiger partial charge in [-0.1, -0.05) is 18.2 Å². The summed E-state index contributed by atoms with van der Waals surface area (Å²) in [7, 11) is 0. The minimum atomic E-state index is -0.109. The first-order valence-corrected chi connectivity index (χ1v) is 8.72. The van der Waals surface area contributed by atoms with Crippen LogP contribution in [0.2, 0.25) is 0 Å². The van der Waals surface area contributed by atoms with Crippen molar-refractivity contribution >= 4 is 28.1 Å². The number of nitrogens with one attached hydrogen (secondary N) is 1. The number of hydrogen-bond donors (Lipinski definition) is 1. The fourth-order valence-corrected chi connectivity index (χ4v) is 3.38. The number of carbonyl (C=O) groups excluding carboxylic acids is 1. The number of thiophene rings is 1. The Morgan fingerprint density at radius 2 is 2.17 bits per heavy atom. The van der Waals surface area contributed by atoms with Crippen LogP contribution in [0, 0.1) is 6.92 Å². The maximum absolute atomic E-state index is 12.5. The standard InChI is InChI=1S/C18H19N3O2S/c1-12-5-3-6-14-17(12)19-11-21(18(14)23)9-8-16(22)20-13(2)15-7-4-10-24-15/h3-7,10-11,13H,8-9H2,1-2H3,(H,20,22)/t13-/m0/s1. The van der Waals surface area contributed by atoms with E-state index in [9.17, 15) is 9.59 Å². The van der Waals surface area contributed by atoms with E-state index in [1.54, 1.807) is 17.4 Å². The van der Waals surface area contributed by atoms with E-state index >= 15 is 0 Å². The van der Waals surface area contributed by atoms with Crippen LogP contribution in [0.3, 0.4) is 0 Å². The highest BCUT2D eigenvalue weighted by molar-refractivity contribution is 7.10. The van der Waals surface area contributed by atoms with Crippen LogP contribution in [-0.4, -0.2) is 15.5 Å². The van der Waals surface area contributed by atoms with Crippen LogP contribution in [0.1, 0.15) is 29.8 Å². The molecule has 1 N–H and O–H groups in total. The zero-order valence-corrected chi connectivity index (χ0v) is 14.5. The molecule has 1 aromatic carbocycles. The SMILES string of the molecule is Cc1cccc2c(=O)n(CCC(=O)N[C@@H](C)c3cccs3)cnc12. The molecule has 0 radical (unpaired) electrons. The van der Waals surface area contributed by atoms with Gasteiger partial charge in [0.1, 0.15) is 0 Å². The van der Waals surface area contributed by atoms with Crippen molar-refractivity contribution in [3.8, 4) is 0 Å². The maximum atomic E-state index is 12.5. The Hall–Kier alpha value is -2.47. The van der Waals surface area contributed by atoms with Crippen molar-refractivity contribution in [2.24, 2.45) is 0 Å². The van der Waals surface area contributed by atoms with Crippen LogP contribution in [-0.2, 0) is 11.3 Å². The van der Waals surface area contributed by atoms with Crippen LogP contribution < -0.4 is 10.9 Å². The number of fused-ring (bicyclic) bond motifs is 1. The number of aromatic nitrogens is 2. The summed E-state index contributed by atoms with van der Waals surface area (Å²) >= 11 is 1.61. The van der Waals surface area contributed by atoms with Gasteiger partial charge < -0.3 is 5.32 Å². The van der Waals surface area contributed by atoms with Gasteiger partial charge in [0, 0.05) is 17.8 Å². The number of benzene rings is 1. The number of amides is 1. The Balaban J connectivity index is 1.68. The van der Waals surface area contributed by atoms with Gasteiger partial charge in [-0.05, 0) is 36.9 Å². The van der Waals surface area contributed by atoms with E-state index in [4.69, 9.17) is 0 Å². The van der Waals surface area contributed by atoms with Gasteiger partial charge in [0.15, 0.2) is 0 Å². The number of carbonyl (C=O) groups is 1. The van der Waals surface area contributed by atoms with Crippen molar-refractivity contribution in [2.45, 2.75) is 32.9 Å². The molecule has 0 unspecified atom stereocenters. The van der Waals surface area contributed by atoms with E-state index in [-0.39, 0.29) is 23.9 Å². The molecule has 2 heterocycles. The van der Waals surface area contributed by atoms with Crippen LogP contribution in [0.25, 0.3) is 10.9 Å². The fraction of sp³-hybridized carbons (Fsp3) is 0.278. The second-order valence-electron chi connectivity index (χ2n) is 5.77. The van der Waals surface area contributed by atoms with Gasteiger partial charge in [-0.3, -0.25) is 14.2 Å². The average Bonchev–Trinajstić information content (AvgIpc) is 3.09. The quantitative estimate of drug-likeness (QED) is 0.776. The summed E-state index contributed by atoms with van der Waals surface area (Å²) < 4.78 is 1.50. The van der Waals surface area contributed by atoms with E-state index in [1.165, 1.54) is 10.9 Å². The number of hydrogen-bond acceptors (Lipinski definition) is 4. The van der Waals surface area contributed by atoms with Gasteiger partial charge >= 0.3 is 0 Å². The predicted molar refractivity (Wildman–Crippen MR) is 96.2 cm³/mol. The first-order chi connectivity index (χ1) is 11.6. The highest BCUT2D eigenvalue weighted by Crippen LogP contribution is 2.18. The first kappa shape index (κ1) is 16.4. The van der Waals surface area contributed by atoms with Crippen molar-refractivity contribution in [3.63, 3.8) is 0 Å². The highest BCUT2D eigenvalue weighted by atomic mass is 32.1. The summed E-state index contributed by atoms with van der Waals surface area (Å²) in [6.07, 6.45) is 1.77. The molecule has 1 atom stereocenters. The van der Waals surface area contributed by atoms with Crippen LogP contribution in [0.5, 0.6) is 0 Å². The summed E-state index contributed by atoms with van der Waals surface area (Å²) in [5.74, 6) is -0.0767. The lowest BCUT2D eigenvalue weighted by Crippen LogP contribution is -2.29. The van der Waals surface area contributed by atoms with Crippen LogP contribution in [0.4, 0.5) is 0 Å². The van der Waals surface area contributed by atoms with E-state index < -0.39 is 0 Å². The molecular weight excluding hydrogens is 322 g/mol. The highest BCUT2D eigenvalue weighted by Gasteiger charge is 2.11.